The van der Waals surface area contributed by atoms with Crippen LogP contribution in [0.3, 0.4) is 0 Å². The third-order valence-electron chi connectivity index (χ3n) is 2.69. The molecular weight excluding hydrogens is 247 g/mol. The van der Waals surface area contributed by atoms with Gasteiger partial charge < -0.3 is 9.84 Å². The van der Waals surface area contributed by atoms with E-state index >= 15 is 0 Å². The summed E-state index contributed by atoms with van der Waals surface area (Å²) < 4.78 is 19.1. The summed E-state index contributed by atoms with van der Waals surface area (Å²) in [7, 11) is 0. The fraction of sp³-hybridized carbons (Fsp3) is 0.133. The summed E-state index contributed by atoms with van der Waals surface area (Å²) >= 11 is 0. The lowest BCUT2D eigenvalue weighted by molar-refractivity contribution is -0.144. The van der Waals surface area contributed by atoms with Crippen LogP contribution in [0.5, 0.6) is 5.75 Å². The molecule has 2 aromatic carbocycles. The van der Waals surface area contributed by atoms with E-state index in [-0.39, 0.29) is 5.75 Å². The number of carboxylic acids is 1. The molecule has 0 heterocycles. The number of carbonyl (C=O) groups is 1. The summed E-state index contributed by atoms with van der Waals surface area (Å²) in [6.07, 6.45) is -1.01. The molecule has 0 spiro atoms. The van der Waals surface area contributed by atoms with Crippen molar-refractivity contribution < 1.29 is 19.0 Å². The SMILES string of the molecule is C[C@@H](Oc1ccc(-c2ccccc2)c(F)c1)C(=O)O. The molecule has 2 rings (SSSR count). The van der Waals surface area contributed by atoms with Gasteiger partial charge in [-0.2, -0.15) is 0 Å². The predicted molar refractivity (Wildman–Crippen MR) is 69.6 cm³/mol. The zero-order chi connectivity index (χ0) is 13.8. The molecule has 0 radical (unpaired) electrons. The van der Waals surface area contributed by atoms with Crippen LogP contribution in [0.15, 0.2) is 48.5 Å². The van der Waals surface area contributed by atoms with Crippen LogP contribution in [0.1, 0.15) is 6.92 Å². The predicted octanol–water partition coefficient (Wildman–Crippen LogP) is 3.34. The van der Waals surface area contributed by atoms with E-state index in [0.29, 0.717) is 5.56 Å². The van der Waals surface area contributed by atoms with Gasteiger partial charge in [0, 0.05) is 11.6 Å². The summed E-state index contributed by atoms with van der Waals surface area (Å²) in [6, 6.07) is 13.4. The van der Waals surface area contributed by atoms with Gasteiger partial charge in [0.2, 0.25) is 0 Å². The molecule has 0 fully saturated rings. The summed E-state index contributed by atoms with van der Waals surface area (Å²) in [5, 5.41) is 8.73. The summed E-state index contributed by atoms with van der Waals surface area (Å²) in [4.78, 5) is 10.7. The summed E-state index contributed by atoms with van der Waals surface area (Å²) in [6.45, 7) is 1.39. The highest BCUT2D eigenvalue weighted by atomic mass is 19.1. The average molecular weight is 260 g/mol. The highest BCUT2D eigenvalue weighted by Crippen LogP contribution is 2.26. The monoisotopic (exact) mass is 260 g/mol. The molecule has 19 heavy (non-hydrogen) atoms. The molecule has 0 aromatic heterocycles. The molecule has 4 heteroatoms. The molecule has 0 aliphatic rings. The Kier molecular flexibility index (Phi) is 3.80. The van der Waals surface area contributed by atoms with Crippen molar-refractivity contribution in [3.8, 4) is 16.9 Å². The minimum Gasteiger partial charge on any atom is -0.479 e. The van der Waals surface area contributed by atoms with Gasteiger partial charge in [0.15, 0.2) is 6.10 Å². The summed E-state index contributed by atoms with van der Waals surface area (Å²) in [5.74, 6) is -1.33. The highest BCUT2D eigenvalue weighted by Gasteiger charge is 2.14. The number of benzene rings is 2. The Morgan fingerprint density at radius 2 is 1.89 bits per heavy atom. The first-order chi connectivity index (χ1) is 9.08. The molecule has 0 bridgehead atoms. The number of hydrogen-bond acceptors (Lipinski definition) is 2. The van der Waals surface area contributed by atoms with E-state index in [2.05, 4.69) is 0 Å². The Morgan fingerprint density at radius 1 is 1.21 bits per heavy atom. The topological polar surface area (TPSA) is 46.5 Å². The minimum atomic E-state index is -1.09. The lowest BCUT2D eigenvalue weighted by Gasteiger charge is -2.11. The highest BCUT2D eigenvalue weighted by molar-refractivity contribution is 5.72. The minimum absolute atomic E-state index is 0.201. The first kappa shape index (κ1) is 13.1. The third-order valence-corrected chi connectivity index (χ3v) is 2.69. The smallest absolute Gasteiger partial charge is 0.344 e. The second kappa shape index (κ2) is 5.52. The van der Waals surface area contributed by atoms with Crippen molar-refractivity contribution in [2.24, 2.45) is 0 Å². The van der Waals surface area contributed by atoms with E-state index in [1.807, 2.05) is 18.2 Å². The van der Waals surface area contributed by atoms with Gasteiger partial charge >= 0.3 is 5.97 Å². The van der Waals surface area contributed by atoms with Crippen molar-refractivity contribution in [1.29, 1.82) is 0 Å². The largest absolute Gasteiger partial charge is 0.479 e. The average Bonchev–Trinajstić information content (AvgIpc) is 2.39. The lowest BCUT2D eigenvalue weighted by Crippen LogP contribution is -2.22. The van der Waals surface area contributed by atoms with E-state index < -0.39 is 17.9 Å². The van der Waals surface area contributed by atoms with Crippen LogP contribution in [-0.2, 0) is 4.79 Å². The molecule has 98 valence electrons. The number of ether oxygens (including phenoxy) is 1. The zero-order valence-corrected chi connectivity index (χ0v) is 10.3. The maximum atomic E-state index is 14.0. The normalized spacial score (nSPS) is 11.9. The Labute approximate surface area is 110 Å². The van der Waals surface area contributed by atoms with Gasteiger partial charge in [0.1, 0.15) is 11.6 Å². The standard InChI is InChI=1S/C15H13FO3/c1-10(15(17)18)19-12-7-8-13(14(16)9-12)11-5-3-2-4-6-11/h2-10H,1H3,(H,17,18)/t10-/m1/s1. The number of rotatable bonds is 4. The molecule has 0 saturated heterocycles. The van der Waals surface area contributed by atoms with Crippen molar-refractivity contribution in [1.82, 2.24) is 0 Å². The number of hydrogen-bond donors (Lipinski definition) is 1. The van der Waals surface area contributed by atoms with Gasteiger partial charge in [0.05, 0.1) is 0 Å². The molecule has 0 saturated carbocycles. The van der Waals surface area contributed by atoms with E-state index in [1.54, 1.807) is 24.3 Å². The molecule has 2 aromatic rings. The van der Waals surface area contributed by atoms with Gasteiger partial charge in [-0.3, -0.25) is 0 Å². The van der Waals surface area contributed by atoms with Gasteiger partial charge in [-0.25, -0.2) is 9.18 Å². The van der Waals surface area contributed by atoms with Gasteiger partial charge in [-0.05, 0) is 24.6 Å². The zero-order valence-electron chi connectivity index (χ0n) is 10.3. The first-order valence-corrected chi connectivity index (χ1v) is 5.82. The van der Waals surface area contributed by atoms with Crippen molar-refractivity contribution >= 4 is 5.97 Å². The van der Waals surface area contributed by atoms with Crippen LogP contribution in [-0.4, -0.2) is 17.2 Å². The Bertz CT molecular complexity index is 581. The molecule has 3 nitrogen and oxygen atoms in total. The van der Waals surface area contributed by atoms with Crippen molar-refractivity contribution in [3.05, 3.63) is 54.3 Å². The fourth-order valence-electron chi connectivity index (χ4n) is 1.68. The molecule has 1 atom stereocenters. The van der Waals surface area contributed by atoms with Crippen molar-refractivity contribution in [3.63, 3.8) is 0 Å². The molecule has 1 N–H and O–H groups in total. The Hall–Kier alpha value is -2.36. The molecule has 0 amide bonds. The van der Waals surface area contributed by atoms with Crippen LogP contribution in [0.25, 0.3) is 11.1 Å². The van der Waals surface area contributed by atoms with Crippen LogP contribution >= 0.6 is 0 Å². The van der Waals surface area contributed by atoms with Crippen LogP contribution in [0.2, 0.25) is 0 Å². The molecular formula is C15H13FO3. The Balaban J connectivity index is 2.25. The maximum absolute atomic E-state index is 14.0. The second-order valence-corrected chi connectivity index (χ2v) is 4.11. The fourth-order valence-corrected chi connectivity index (χ4v) is 1.68. The van der Waals surface area contributed by atoms with Crippen LogP contribution in [0, 0.1) is 5.82 Å². The first-order valence-electron chi connectivity index (χ1n) is 5.82. The van der Waals surface area contributed by atoms with Crippen LogP contribution in [0.4, 0.5) is 4.39 Å². The van der Waals surface area contributed by atoms with E-state index in [1.165, 1.54) is 13.0 Å². The van der Waals surface area contributed by atoms with E-state index in [0.717, 1.165) is 5.56 Å². The lowest BCUT2D eigenvalue weighted by atomic mass is 10.1. The Morgan fingerprint density at radius 3 is 2.47 bits per heavy atom. The molecule has 0 aliphatic heterocycles. The number of carboxylic acid groups (broad SMARTS) is 1. The van der Waals surface area contributed by atoms with E-state index in [9.17, 15) is 9.18 Å². The van der Waals surface area contributed by atoms with Gasteiger partial charge in [-0.15, -0.1) is 0 Å². The van der Waals surface area contributed by atoms with E-state index in [4.69, 9.17) is 9.84 Å². The van der Waals surface area contributed by atoms with Gasteiger partial charge in [-0.1, -0.05) is 30.3 Å². The number of aliphatic carboxylic acids is 1. The molecule has 0 aliphatic carbocycles. The number of halogens is 1. The molecule has 0 unspecified atom stereocenters. The van der Waals surface area contributed by atoms with Crippen molar-refractivity contribution in [2.45, 2.75) is 13.0 Å². The second-order valence-electron chi connectivity index (χ2n) is 4.11. The summed E-state index contributed by atoms with van der Waals surface area (Å²) in [5.41, 5.74) is 1.22. The van der Waals surface area contributed by atoms with Crippen molar-refractivity contribution in [2.75, 3.05) is 0 Å². The van der Waals surface area contributed by atoms with Gasteiger partial charge in [0.25, 0.3) is 0 Å². The quantitative estimate of drug-likeness (QED) is 0.917. The third kappa shape index (κ3) is 3.10. The van der Waals surface area contributed by atoms with Crippen LogP contribution < -0.4 is 4.74 Å². The maximum Gasteiger partial charge on any atom is 0.344 e.